The molecule has 0 bridgehead atoms. The van der Waals surface area contributed by atoms with Gasteiger partial charge in [0, 0.05) is 5.92 Å². The molecule has 1 saturated heterocycles. The molecule has 0 aromatic heterocycles. The van der Waals surface area contributed by atoms with E-state index in [-0.39, 0.29) is 17.9 Å². The zero-order valence-corrected chi connectivity index (χ0v) is 12.2. The molecule has 112 valence electrons. The van der Waals surface area contributed by atoms with Crippen LogP contribution in [-0.2, 0) is 14.3 Å². The van der Waals surface area contributed by atoms with E-state index >= 15 is 0 Å². The summed E-state index contributed by atoms with van der Waals surface area (Å²) in [4.78, 5) is 23.8. The zero-order valence-electron chi connectivity index (χ0n) is 12.2. The molecule has 1 fully saturated rings. The van der Waals surface area contributed by atoms with Crippen LogP contribution >= 0.6 is 0 Å². The first-order chi connectivity index (χ1) is 9.60. The van der Waals surface area contributed by atoms with Gasteiger partial charge >= 0.3 is 5.97 Å². The predicted molar refractivity (Wildman–Crippen MR) is 78.8 cm³/mol. The Morgan fingerprint density at radius 3 is 2.65 bits per heavy atom. The van der Waals surface area contributed by atoms with Crippen molar-refractivity contribution in [2.24, 2.45) is 5.92 Å². The lowest BCUT2D eigenvalue weighted by atomic mass is 10.0. The van der Waals surface area contributed by atoms with E-state index in [1.807, 2.05) is 6.92 Å². The Morgan fingerprint density at radius 2 is 2.20 bits per heavy atom. The van der Waals surface area contributed by atoms with Gasteiger partial charge in [-0.3, -0.25) is 4.79 Å². The minimum absolute atomic E-state index is 0.140. The van der Waals surface area contributed by atoms with Gasteiger partial charge in [-0.2, -0.15) is 0 Å². The molecule has 0 aromatic carbocycles. The lowest BCUT2D eigenvalue weighted by molar-refractivity contribution is -0.148. The van der Waals surface area contributed by atoms with Crippen molar-refractivity contribution in [3.63, 3.8) is 0 Å². The minimum Gasteiger partial charge on any atom is -0.464 e. The third-order valence-corrected chi connectivity index (χ3v) is 3.11. The van der Waals surface area contributed by atoms with E-state index in [2.05, 4.69) is 30.1 Å². The molecular weight excluding hydrogens is 256 g/mol. The summed E-state index contributed by atoms with van der Waals surface area (Å²) in [5.41, 5.74) is 0. The van der Waals surface area contributed by atoms with Crippen LogP contribution in [-0.4, -0.2) is 37.1 Å². The van der Waals surface area contributed by atoms with E-state index in [4.69, 9.17) is 4.74 Å². The molecule has 20 heavy (non-hydrogen) atoms. The van der Waals surface area contributed by atoms with Crippen LogP contribution in [0.1, 0.15) is 26.7 Å². The topological polar surface area (TPSA) is 67.4 Å². The maximum atomic E-state index is 12.0. The Balaban J connectivity index is 0.00000172. The summed E-state index contributed by atoms with van der Waals surface area (Å²) in [7, 11) is 0. The Labute approximate surface area is 121 Å². The fourth-order valence-electron chi connectivity index (χ4n) is 1.94. The summed E-state index contributed by atoms with van der Waals surface area (Å²) in [6.07, 6.45) is 11.4. The smallest absolute Gasteiger partial charge is 0.329 e. The first-order valence-electron chi connectivity index (χ1n) is 6.76. The van der Waals surface area contributed by atoms with Crippen molar-refractivity contribution in [1.82, 2.24) is 10.6 Å². The van der Waals surface area contributed by atoms with Crippen molar-refractivity contribution in [3.8, 4) is 12.8 Å². The second kappa shape index (κ2) is 10.0. The number of terminal acetylenes is 1. The van der Waals surface area contributed by atoms with Crippen molar-refractivity contribution < 1.29 is 14.3 Å². The highest BCUT2D eigenvalue weighted by molar-refractivity contribution is 5.88. The molecule has 0 aliphatic carbocycles. The van der Waals surface area contributed by atoms with Crippen LogP contribution in [0.2, 0.25) is 0 Å². The summed E-state index contributed by atoms with van der Waals surface area (Å²) in [5.74, 6) is -0.704. The van der Waals surface area contributed by atoms with Crippen molar-refractivity contribution in [3.05, 3.63) is 12.7 Å². The predicted octanol–water partition coefficient (Wildman–Crippen LogP) is 0.858. The van der Waals surface area contributed by atoms with Crippen LogP contribution < -0.4 is 10.6 Å². The van der Waals surface area contributed by atoms with Crippen LogP contribution in [0.25, 0.3) is 0 Å². The van der Waals surface area contributed by atoms with Crippen LogP contribution in [0.5, 0.6) is 0 Å². The average molecular weight is 280 g/mol. The van der Waals surface area contributed by atoms with Gasteiger partial charge in [0.05, 0.1) is 12.6 Å². The van der Waals surface area contributed by atoms with Crippen molar-refractivity contribution in [1.29, 1.82) is 0 Å². The summed E-state index contributed by atoms with van der Waals surface area (Å²) in [5, 5.41) is 5.85. The maximum absolute atomic E-state index is 12.0. The molecule has 5 heteroatoms. The average Bonchev–Trinajstić information content (AvgIpc) is 3.00. The molecule has 2 N–H and O–H groups in total. The van der Waals surface area contributed by atoms with E-state index in [9.17, 15) is 9.59 Å². The van der Waals surface area contributed by atoms with Crippen molar-refractivity contribution in [2.45, 2.75) is 38.8 Å². The summed E-state index contributed by atoms with van der Waals surface area (Å²) in [6, 6.07) is -0.851. The fraction of sp³-hybridized carbons (Fsp3) is 0.600. The molecule has 1 aliphatic rings. The number of carbonyl (C=O) groups is 2. The quantitative estimate of drug-likeness (QED) is 0.430. The third kappa shape index (κ3) is 5.45. The van der Waals surface area contributed by atoms with E-state index in [1.165, 1.54) is 0 Å². The molecule has 1 aliphatic heterocycles. The maximum Gasteiger partial charge on any atom is 0.329 e. The van der Waals surface area contributed by atoms with E-state index in [0.29, 0.717) is 6.61 Å². The Hall–Kier alpha value is -1.80. The molecule has 1 heterocycles. The lowest BCUT2D eigenvalue weighted by Crippen LogP contribution is -2.51. The summed E-state index contributed by atoms with van der Waals surface area (Å²) in [6.45, 7) is 8.38. The normalized spacial score (nSPS) is 19.9. The molecule has 1 rings (SSSR count). The van der Waals surface area contributed by atoms with Gasteiger partial charge in [0.1, 0.15) is 6.04 Å². The second-order valence-corrected chi connectivity index (χ2v) is 4.48. The molecule has 1 amide bonds. The van der Waals surface area contributed by atoms with Crippen LogP contribution in [0.3, 0.4) is 0 Å². The SMILES string of the molecule is C#C.C=CC(C)C(NC(=O)[C@@H]1CCCN1)C(=O)OCC. The number of hydrogen-bond donors (Lipinski definition) is 2. The molecular formula is C15H24N2O3. The van der Waals surface area contributed by atoms with Gasteiger partial charge in [-0.1, -0.05) is 13.0 Å². The van der Waals surface area contributed by atoms with Crippen molar-refractivity contribution in [2.75, 3.05) is 13.2 Å². The number of hydrogen-bond acceptors (Lipinski definition) is 4. The Bertz CT molecular complexity index is 346. The Morgan fingerprint density at radius 1 is 1.55 bits per heavy atom. The largest absolute Gasteiger partial charge is 0.464 e. The monoisotopic (exact) mass is 280 g/mol. The number of ether oxygens (including phenoxy) is 1. The molecule has 0 aromatic rings. The van der Waals surface area contributed by atoms with E-state index in [0.717, 1.165) is 19.4 Å². The highest BCUT2D eigenvalue weighted by atomic mass is 16.5. The van der Waals surface area contributed by atoms with Gasteiger partial charge in [0.15, 0.2) is 0 Å². The van der Waals surface area contributed by atoms with E-state index < -0.39 is 12.0 Å². The van der Waals surface area contributed by atoms with Gasteiger partial charge in [-0.05, 0) is 26.3 Å². The molecule has 5 nitrogen and oxygen atoms in total. The lowest BCUT2D eigenvalue weighted by Gasteiger charge is -2.22. The molecule has 2 unspecified atom stereocenters. The van der Waals surface area contributed by atoms with Crippen molar-refractivity contribution >= 4 is 11.9 Å². The van der Waals surface area contributed by atoms with Crippen LogP contribution in [0.4, 0.5) is 0 Å². The molecule has 0 spiro atoms. The number of rotatable bonds is 6. The van der Waals surface area contributed by atoms with Gasteiger partial charge in [0.2, 0.25) is 5.91 Å². The minimum atomic E-state index is -0.655. The number of carbonyl (C=O) groups excluding carboxylic acids is 2. The van der Waals surface area contributed by atoms with Gasteiger partial charge in [-0.15, -0.1) is 19.4 Å². The van der Waals surface area contributed by atoms with Crippen LogP contribution in [0.15, 0.2) is 12.7 Å². The highest BCUT2D eigenvalue weighted by Gasteiger charge is 2.30. The molecule has 0 saturated carbocycles. The first-order valence-corrected chi connectivity index (χ1v) is 6.76. The van der Waals surface area contributed by atoms with Gasteiger partial charge in [0.25, 0.3) is 0 Å². The molecule has 3 atom stereocenters. The molecule has 0 radical (unpaired) electrons. The zero-order chi connectivity index (χ0) is 15.5. The number of nitrogens with one attached hydrogen (secondary N) is 2. The number of esters is 1. The number of amides is 1. The van der Waals surface area contributed by atoms with Gasteiger partial charge < -0.3 is 15.4 Å². The van der Waals surface area contributed by atoms with E-state index in [1.54, 1.807) is 13.0 Å². The Kier molecular flexibility index (Phi) is 9.14. The first kappa shape index (κ1) is 18.2. The standard InChI is InChI=1S/C13H22N2O3.C2H2/c1-4-9(3)11(13(17)18-5-2)15-12(16)10-7-6-8-14-10;1-2/h4,9-11,14H,1,5-8H2,2-3H3,(H,15,16);1-2H/t9?,10-,11?;/m0./s1. The van der Waals surface area contributed by atoms with Gasteiger partial charge in [-0.25, -0.2) is 4.79 Å². The fourth-order valence-corrected chi connectivity index (χ4v) is 1.94. The van der Waals surface area contributed by atoms with Crippen LogP contribution in [0, 0.1) is 18.8 Å². The summed E-state index contributed by atoms with van der Waals surface area (Å²) >= 11 is 0. The third-order valence-electron chi connectivity index (χ3n) is 3.11. The highest BCUT2D eigenvalue weighted by Crippen LogP contribution is 2.10. The second-order valence-electron chi connectivity index (χ2n) is 4.48. The summed E-state index contributed by atoms with van der Waals surface area (Å²) < 4.78 is 4.97.